The molecule has 0 radical (unpaired) electrons. The minimum absolute atomic E-state index is 0.00917. The number of methoxy groups -OCH3 is 1. The van der Waals surface area contributed by atoms with Gasteiger partial charge in [0.25, 0.3) is 0 Å². The van der Waals surface area contributed by atoms with E-state index in [0.29, 0.717) is 6.42 Å². The zero-order chi connectivity index (χ0) is 17.3. The zero-order valence-electron chi connectivity index (χ0n) is 14.7. The summed E-state index contributed by atoms with van der Waals surface area (Å²) in [5, 5.41) is 10.4. The molecule has 124 valence electrons. The van der Waals surface area contributed by atoms with Crippen LogP contribution >= 0.6 is 0 Å². The third-order valence-electron chi connectivity index (χ3n) is 3.13. The van der Waals surface area contributed by atoms with Crippen LogP contribution in [0.5, 0.6) is 5.75 Å². The van der Waals surface area contributed by atoms with Gasteiger partial charge in [0, 0.05) is 18.6 Å². The molecule has 0 amide bonds. The summed E-state index contributed by atoms with van der Waals surface area (Å²) in [5.74, 6) is 0.840. The van der Waals surface area contributed by atoms with Crippen LogP contribution in [-0.4, -0.2) is 22.8 Å². The summed E-state index contributed by atoms with van der Waals surface area (Å²) in [6, 6.07) is 5.46. The molecule has 0 aliphatic heterocycles. The van der Waals surface area contributed by atoms with Crippen LogP contribution in [0.2, 0.25) is 0 Å². The van der Waals surface area contributed by atoms with Crippen LogP contribution in [0, 0.1) is 0 Å². The summed E-state index contributed by atoms with van der Waals surface area (Å²) in [4.78, 5) is 0. The number of aryl methyl sites for hydroxylation is 1. The van der Waals surface area contributed by atoms with E-state index < -0.39 is 6.04 Å². The van der Waals surface area contributed by atoms with Gasteiger partial charge in [-0.15, -0.1) is 0 Å². The number of benzene rings is 1. The first kappa shape index (κ1) is 20.1. The van der Waals surface area contributed by atoms with Crippen molar-refractivity contribution >= 4 is 10.9 Å². The summed E-state index contributed by atoms with van der Waals surface area (Å²) in [6.45, 7) is 11.5. The second-order valence-electron chi connectivity index (χ2n) is 4.42. The molecule has 0 saturated carbocycles. The second-order valence-corrected chi connectivity index (χ2v) is 4.42. The molecule has 3 N–H and O–H groups in total. The molecule has 1 atom stereocenters. The Morgan fingerprint density at radius 2 is 1.91 bits per heavy atom. The van der Waals surface area contributed by atoms with Crippen molar-refractivity contribution in [2.45, 2.75) is 40.2 Å². The Morgan fingerprint density at radius 1 is 1.32 bits per heavy atom. The van der Waals surface area contributed by atoms with Gasteiger partial charge in [-0.25, -0.2) is 0 Å². The van der Waals surface area contributed by atoms with Gasteiger partial charge in [0.1, 0.15) is 11.5 Å². The first-order valence-electron chi connectivity index (χ1n) is 7.79. The molecule has 0 spiro atoms. The molecular weight excluding hydrogens is 276 g/mol. The molecular formula is C18H30N2O2. The normalized spacial score (nSPS) is 10.9. The van der Waals surface area contributed by atoms with Gasteiger partial charge in [-0.2, -0.15) is 0 Å². The summed E-state index contributed by atoms with van der Waals surface area (Å²) < 4.78 is 7.37. The molecule has 0 bridgehead atoms. The van der Waals surface area contributed by atoms with E-state index >= 15 is 0 Å². The Balaban J connectivity index is 0.00000102. The van der Waals surface area contributed by atoms with Crippen LogP contribution in [0.1, 0.15) is 33.3 Å². The topological polar surface area (TPSA) is 60.4 Å². The van der Waals surface area contributed by atoms with Gasteiger partial charge in [0.15, 0.2) is 0 Å². The van der Waals surface area contributed by atoms with Crippen molar-refractivity contribution in [1.82, 2.24) is 4.57 Å². The molecule has 0 saturated heterocycles. The summed E-state index contributed by atoms with van der Waals surface area (Å²) in [7, 11) is 3.62. The van der Waals surface area contributed by atoms with E-state index in [1.54, 1.807) is 7.11 Å². The Kier molecular flexibility index (Phi) is 9.03. The number of aliphatic hydroxyl groups is 1. The SMILES string of the molecule is C=C(O)C(N)Cc1cn(C)c2c(OC)cccc12.CC.CC. The fourth-order valence-electron chi connectivity index (χ4n) is 2.20. The number of nitrogens with two attached hydrogens (primary N) is 1. The van der Waals surface area contributed by atoms with E-state index in [9.17, 15) is 5.11 Å². The number of hydrogen-bond acceptors (Lipinski definition) is 3. The number of nitrogens with zero attached hydrogens (tertiary/aromatic N) is 1. The molecule has 0 aliphatic rings. The van der Waals surface area contributed by atoms with Gasteiger partial charge in [-0.1, -0.05) is 46.4 Å². The van der Waals surface area contributed by atoms with Crippen molar-refractivity contribution in [2.75, 3.05) is 7.11 Å². The summed E-state index contributed by atoms with van der Waals surface area (Å²) in [6.07, 6.45) is 2.57. The van der Waals surface area contributed by atoms with E-state index in [-0.39, 0.29) is 5.76 Å². The van der Waals surface area contributed by atoms with E-state index in [0.717, 1.165) is 22.2 Å². The molecule has 0 aliphatic carbocycles. The molecule has 2 aromatic rings. The average Bonchev–Trinajstić information content (AvgIpc) is 2.87. The lowest BCUT2D eigenvalue weighted by Crippen LogP contribution is -2.24. The number of fused-ring (bicyclic) bond motifs is 1. The predicted octanol–water partition coefficient (Wildman–Crippen LogP) is 4.18. The average molecular weight is 306 g/mol. The van der Waals surface area contributed by atoms with Gasteiger partial charge in [-0.3, -0.25) is 0 Å². The molecule has 1 aromatic carbocycles. The van der Waals surface area contributed by atoms with Crippen molar-refractivity contribution in [1.29, 1.82) is 0 Å². The van der Waals surface area contributed by atoms with Crippen LogP contribution in [0.3, 0.4) is 0 Å². The quantitative estimate of drug-likeness (QED) is 0.833. The number of ether oxygens (including phenoxy) is 1. The molecule has 1 unspecified atom stereocenters. The number of hydrogen-bond donors (Lipinski definition) is 2. The smallest absolute Gasteiger partial charge is 0.143 e. The van der Waals surface area contributed by atoms with Crippen LogP contribution in [0.4, 0.5) is 0 Å². The van der Waals surface area contributed by atoms with Gasteiger partial charge in [0.2, 0.25) is 0 Å². The third kappa shape index (κ3) is 4.53. The third-order valence-corrected chi connectivity index (χ3v) is 3.13. The van der Waals surface area contributed by atoms with E-state index in [1.807, 2.05) is 63.7 Å². The maximum absolute atomic E-state index is 9.31. The minimum atomic E-state index is -0.443. The highest BCUT2D eigenvalue weighted by molar-refractivity contribution is 5.89. The largest absolute Gasteiger partial charge is 0.511 e. The fourth-order valence-corrected chi connectivity index (χ4v) is 2.20. The van der Waals surface area contributed by atoms with Gasteiger partial charge >= 0.3 is 0 Å². The number of aromatic nitrogens is 1. The molecule has 1 heterocycles. The molecule has 1 aromatic heterocycles. The van der Waals surface area contributed by atoms with Gasteiger partial charge < -0.3 is 20.1 Å². The predicted molar refractivity (Wildman–Crippen MR) is 95.6 cm³/mol. The number of aliphatic hydroxyl groups excluding tert-OH is 1. The van der Waals surface area contributed by atoms with Crippen LogP contribution in [0.25, 0.3) is 10.9 Å². The summed E-state index contributed by atoms with van der Waals surface area (Å²) >= 11 is 0. The minimum Gasteiger partial charge on any atom is -0.511 e. The first-order chi connectivity index (χ1) is 10.5. The van der Waals surface area contributed by atoms with Crippen molar-refractivity contribution in [3.8, 4) is 5.75 Å². The number of rotatable bonds is 4. The fraction of sp³-hybridized carbons (Fsp3) is 0.444. The highest BCUT2D eigenvalue weighted by Crippen LogP contribution is 2.29. The van der Waals surface area contributed by atoms with Crippen molar-refractivity contribution in [3.05, 3.63) is 42.3 Å². The van der Waals surface area contributed by atoms with Crippen molar-refractivity contribution in [2.24, 2.45) is 12.8 Å². The molecule has 22 heavy (non-hydrogen) atoms. The first-order valence-corrected chi connectivity index (χ1v) is 7.79. The highest BCUT2D eigenvalue weighted by Gasteiger charge is 2.14. The standard InChI is InChI=1S/C14H18N2O2.2C2H6/c1-9(17)12(15)7-10-8-16(2)14-11(10)5-4-6-13(14)18-3;2*1-2/h4-6,8,12,17H,1,7,15H2,2-3H3;2*1-2H3. The maximum Gasteiger partial charge on any atom is 0.143 e. The molecule has 4 heteroatoms. The van der Waals surface area contributed by atoms with Crippen LogP contribution < -0.4 is 10.5 Å². The van der Waals surface area contributed by atoms with E-state index in [2.05, 4.69) is 6.58 Å². The molecule has 2 rings (SSSR count). The van der Waals surface area contributed by atoms with Crippen LogP contribution in [-0.2, 0) is 13.5 Å². The zero-order valence-corrected chi connectivity index (χ0v) is 14.7. The summed E-state index contributed by atoms with van der Waals surface area (Å²) in [5.41, 5.74) is 7.94. The number of para-hydroxylation sites is 1. The lowest BCUT2D eigenvalue weighted by molar-refractivity contribution is 0.369. The van der Waals surface area contributed by atoms with Crippen molar-refractivity contribution < 1.29 is 9.84 Å². The maximum atomic E-state index is 9.31. The highest BCUT2D eigenvalue weighted by atomic mass is 16.5. The van der Waals surface area contributed by atoms with E-state index in [4.69, 9.17) is 10.5 Å². The monoisotopic (exact) mass is 306 g/mol. The molecule has 4 nitrogen and oxygen atoms in total. The lowest BCUT2D eigenvalue weighted by atomic mass is 10.0. The van der Waals surface area contributed by atoms with Gasteiger partial charge in [-0.05, 0) is 18.1 Å². The second kappa shape index (κ2) is 9.90. The Hall–Kier alpha value is -1.94. The Morgan fingerprint density at radius 3 is 2.41 bits per heavy atom. The van der Waals surface area contributed by atoms with Crippen molar-refractivity contribution in [3.63, 3.8) is 0 Å². The lowest BCUT2D eigenvalue weighted by Gasteiger charge is -2.08. The Bertz CT molecular complexity index is 588. The van der Waals surface area contributed by atoms with Crippen LogP contribution in [0.15, 0.2) is 36.7 Å². The Labute approximate surface area is 134 Å². The van der Waals surface area contributed by atoms with Gasteiger partial charge in [0.05, 0.1) is 18.7 Å². The molecule has 0 fully saturated rings. The van der Waals surface area contributed by atoms with E-state index in [1.165, 1.54) is 0 Å².